The van der Waals surface area contributed by atoms with Gasteiger partial charge in [-0.15, -0.1) is 7.92 Å². The molecule has 0 saturated carbocycles. The van der Waals surface area contributed by atoms with Crippen LogP contribution >= 0.6 is 7.92 Å². The number of carbonyl (C=O) groups excluding carboxylic acids is 1. The SMILES string of the molecule is CP(C)C.O=C1CCC(C(F)(F)F)[N-]1.[Au+]. The third-order valence-electron chi connectivity index (χ3n) is 1.31. The molecule has 0 N–H and O–H groups in total. The standard InChI is InChI=1S/C5H6F3NO.C3H9P.Au/c6-5(7,8)3-1-2-4(10)9-3;1-4(2)3;/h3H,1-2H2,(H,9,10);1-3H3;/q;;+1/p-1. The first kappa shape index (κ1) is 17.8. The van der Waals surface area contributed by atoms with Crippen molar-refractivity contribution >= 4 is 13.8 Å². The predicted octanol–water partition coefficient (Wildman–Crippen LogP) is 2.97. The topological polar surface area (TPSA) is 31.2 Å². The first-order valence-corrected chi connectivity index (χ1v) is 6.83. The number of alkyl halides is 3. The number of nitrogens with zero attached hydrogens (tertiary/aromatic N) is 1. The fourth-order valence-electron chi connectivity index (χ4n) is 0.800. The molecular formula is C8H14AuF3NOP. The molecule has 1 saturated heterocycles. The van der Waals surface area contributed by atoms with E-state index in [9.17, 15) is 18.0 Å². The van der Waals surface area contributed by atoms with Crippen molar-refractivity contribution < 1.29 is 40.3 Å². The molecule has 0 bridgehead atoms. The smallest absolute Gasteiger partial charge is 0.644 e. The van der Waals surface area contributed by atoms with E-state index in [2.05, 4.69) is 25.3 Å². The fourth-order valence-corrected chi connectivity index (χ4v) is 0.800. The van der Waals surface area contributed by atoms with Gasteiger partial charge >= 0.3 is 28.6 Å². The third-order valence-corrected chi connectivity index (χ3v) is 1.31. The van der Waals surface area contributed by atoms with Crippen molar-refractivity contribution in [1.82, 2.24) is 0 Å². The Hall–Kier alpha value is 0.430. The van der Waals surface area contributed by atoms with E-state index in [4.69, 9.17) is 0 Å². The second kappa shape index (κ2) is 7.66. The molecule has 1 unspecified atom stereocenters. The van der Waals surface area contributed by atoms with Crippen LogP contribution in [0, 0.1) is 0 Å². The largest absolute Gasteiger partial charge is 1.00 e. The Labute approximate surface area is 105 Å². The summed E-state index contributed by atoms with van der Waals surface area (Å²) in [5.41, 5.74) is 0. The second-order valence-corrected chi connectivity index (χ2v) is 6.14. The number of rotatable bonds is 0. The van der Waals surface area contributed by atoms with E-state index in [1.807, 2.05) is 0 Å². The Balaban J connectivity index is 0. The van der Waals surface area contributed by atoms with Crippen LogP contribution in [0.2, 0.25) is 0 Å². The van der Waals surface area contributed by atoms with Crippen molar-refractivity contribution in [3.05, 3.63) is 5.32 Å². The second-order valence-electron chi connectivity index (χ2n) is 3.46. The van der Waals surface area contributed by atoms with Crippen LogP contribution in [-0.2, 0) is 27.2 Å². The minimum Gasteiger partial charge on any atom is -0.644 e. The van der Waals surface area contributed by atoms with Gasteiger partial charge in [0.2, 0.25) is 0 Å². The van der Waals surface area contributed by atoms with Crippen molar-refractivity contribution in [1.29, 1.82) is 0 Å². The van der Waals surface area contributed by atoms with Crippen LogP contribution in [-0.4, -0.2) is 38.1 Å². The minimum atomic E-state index is -4.33. The van der Waals surface area contributed by atoms with Gasteiger partial charge in [-0.3, -0.25) is 0 Å². The summed E-state index contributed by atoms with van der Waals surface area (Å²) in [6.07, 6.45) is -4.57. The summed E-state index contributed by atoms with van der Waals surface area (Å²) in [5, 5.41) is 2.90. The Morgan fingerprint density at radius 1 is 1.33 bits per heavy atom. The molecule has 0 aliphatic carbocycles. The molecule has 2 nitrogen and oxygen atoms in total. The van der Waals surface area contributed by atoms with Crippen LogP contribution in [0.3, 0.4) is 0 Å². The molecule has 0 spiro atoms. The van der Waals surface area contributed by atoms with Crippen molar-refractivity contribution in [2.75, 3.05) is 20.0 Å². The number of carbonyl (C=O) groups is 1. The van der Waals surface area contributed by atoms with Gasteiger partial charge in [0.1, 0.15) is 0 Å². The number of halogens is 3. The predicted molar refractivity (Wildman–Crippen MR) is 52.1 cm³/mol. The molecule has 0 aromatic rings. The number of amides is 1. The molecule has 94 valence electrons. The summed E-state index contributed by atoms with van der Waals surface area (Å²) in [5.74, 6) is -0.637. The minimum absolute atomic E-state index is 0. The van der Waals surface area contributed by atoms with Gasteiger partial charge in [-0.1, -0.05) is 6.42 Å². The van der Waals surface area contributed by atoms with Crippen LogP contribution in [0.1, 0.15) is 12.8 Å². The average Bonchev–Trinajstić information content (AvgIpc) is 2.32. The molecule has 15 heavy (non-hydrogen) atoms. The van der Waals surface area contributed by atoms with Gasteiger partial charge in [0.05, 0.1) is 5.91 Å². The van der Waals surface area contributed by atoms with E-state index in [1.54, 1.807) is 0 Å². The zero-order chi connectivity index (χ0) is 11.4. The van der Waals surface area contributed by atoms with Crippen molar-refractivity contribution in [3.63, 3.8) is 0 Å². The molecule has 0 radical (unpaired) electrons. The Kier molecular flexibility index (Phi) is 9.10. The quantitative estimate of drug-likeness (QED) is 0.434. The average molecular weight is 425 g/mol. The zero-order valence-electron chi connectivity index (χ0n) is 8.73. The third kappa shape index (κ3) is 9.36. The van der Waals surface area contributed by atoms with E-state index in [0.717, 1.165) is 0 Å². The molecule has 1 fully saturated rings. The van der Waals surface area contributed by atoms with E-state index in [1.165, 1.54) is 0 Å². The Bertz CT molecular complexity index is 196. The van der Waals surface area contributed by atoms with Gasteiger partial charge in [0.25, 0.3) is 0 Å². The maximum atomic E-state index is 11.7. The number of hydrogen-bond acceptors (Lipinski definition) is 1. The maximum Gasteiger partial charge on any atom is 1.00 e. The molecule has 0 aromatic heterocycles. The molecule has 1 amide bonds. The van der Waals surface area contributed by atoms with Gasteiger partial charge in [-0.05, 0) is 32.5 Å². The molecule has 1 atom stereocenters. The van der Waals surface area contributed by atoms with Crippen LogP contribution < -0.4 is 0 Å². The fraction of sp³-hybridized carbons (Fsp3) is 0.875. The molecule has 7 heteroatoms. The van der Waals surface area contributed by atoms with Crippen LogP contribution in [0.5, 0.6) is 0 Å². The monoisotopic (exact) mass is 425 g/mol. The van der Waals surface area contributed by atoms with Gasteiger partial charge in [-0.2, -0.15) is 13.2 Å². The zero-order valence-corrected chi connectivity index (χ0v) is 11.8. The van der Waals surface area contributed by atoms with Crippen LogP contribution in [0.4, 0.5) is 13.2 Å². The first-order valence-electron chi connectivity index (χ1n) is 4.14. The molecule has 0 aromatic carbocycles. The van der Waals surface area contributed by atoms with Crippen molar-refractivity contribution in [3.8, 4) is 0 Å². The summed E-state index contributed by atoms with van der Waals surface area (Å²) in [4.78, 5) is 10.2. The molecular weight excluding hydrogens is 411 g/mol. The maximum absolute atomic E-state index is 11.7. The Morgan fingerprint density at radius 3 is 1.87 bits per heavy atom. The van der Waals surface area contributed by atoms with Gasteiger partial charge in [-0.25, -0.2) is 0 Å². The first-order chi connectivity index (χ1) is 6.23. The summed E-state index contributed by atoms with van der Waals surface area (Å²) in [7, 11) is 0.380. The van der Waals surface area contributed by atoms with Crippen molar-refractivity contribution in [2.45, 2.75) is 25.1 Å². The summed E-state index contributed by atoms with van der Waals surface area (Å²) >= 11 is 0. The van der Waals surface area contributed by atoms with Gasteiger partial charge < -0.3 is 10.1 Å². The molecule has 1 aliphatic rings. The van der Waals surface area contributed by atoms with E-state index < -0.39 is 18.1 Å². The Morgan fingerprint density at radius 2 is 1.73 bits per heavy atom. The summed E-state index contributed by atoms with van der Waals surface area (Å²) in [6.45, 7) is 6.69. The van der Waals surface area contributed by atoms with E-state index in [-0.39, 0.29) is 35.2 Å². The van der Waals surface area contributed by atoms with Gasteiger partial charge in [0, 0.05) is 0 Å². The van der Waals surface area contributed by atoms with Gasteiger partial charge in [0.15, 0.2) is 0 Å². The number of hydrogen-bond donors (Lipinski definition) is 0. The summed E-state index contributed by atoms with van der Waals surface area (Å²) in [6, 6.07) is -1.74. The van der Waals surface area contributed by atoms with Crippen LogP contribution in [0.15, 0.2) is 0 Å². The van der Waals surface area contributed by atoms with Crippen LogP contribution in [0.25, 0.3) is 5.32 Å². The molecule has 1 heterocycles. The van der Waals surface area contributed by atoms with E-state index in [0.29, 0.717) is 7.92 Å². The van der Waals surface area contributed by atoms with Crippen molar-refractivity contribution in [2.24, 2.45) is 0 Å². The molecule has 1 rings (SSSR count). The van der Waals surface area contributed by atoms with E-state index >= 15 is 0 Å². The summed E-state index contributed by atoms with van der Waals surface area (Å²) < 4.78 is 35.1. The molecule has 1 aliphatic heterocycles. The normalized spacial score (nSPS) is 20.2.